The molecule has 0 aromatic heterocycles. The molecule has 0 bridgehead atoms. The number of carboxylic acids is 2. The van der Waals surface area contributed by atoms with Crippen LogP contribution in [-0.2, 0) is 9.59 Å². The van der Waals surface area contributed by atoms with Crippen LogP contribution in [0, 0.1) is 5.92 Å². The van der Waals surface area contributed by atoms with E-state index in [4.69, 9.17) is 15.3 Å². The lowest BCUT2D eigenvalue weighted by molar-refractivity contribution is -0.149. The molecule has 4 N–H and O–H groups in total. The van der Waals surface area contributed by atoms with Crippen molar-refractivity contribution in [3.63, 3.8) is 0 Å². The van der Waals surface area contributed by atoms with Crippen molar-refractivity contribution in [2.24, 2.45) is 5.92 Å². The van der Waals surface area contributed by atoms with Crippen molar-refractivity contribution in [1.29, 1.82) is 0 Å². The third-order valence-electron chi connectivity index (χ3n) is 2.84. The Kier molecular flexibility index (Phi) is 4.14. The molecule has 0 saturated carbocycles. The molecule has 0 spiro atoms. The van der Waals surface area contributed by atoms with E-state index < -0.39 is 30.2 Å². The van der Waals surface area contributed by atoms with Gasteiger partial charge >= 0.3 is 11.9 Å². The molecule has 2 atom stereocenters. The van der Waals surface area contributed by atoms with Crippen molar-refractivity contribution >= 4 is 11.9 Å². The Morgan fingerprint density at radius 3 is 2.22 bits per heavy atom. The van der Waals surface area contributed by atoms with E-state index >= 15 is 0 Å². The van der Waals surface area contributed by atoms with Gasteiger partial charge in [-0.2, -0.15) is 0 Å². The second kappa shape index (κ2) is 5.39. The first kappa shape index (κ1) is 13.8. The Labute approximate surface area is 103 Å². The third-order valence-corrected chi connectivity index (χ3v) is 2.84. The van der Waals surface area contributed by atoms with Crippen molar-refractivity contribution in [3.8, 4) is 11.5 Å². The van der Waals surface area contributed by atoms with E-state index in [0.717, 1.165) is 0 Å². The molecule has 1 aromatic rings. The minimum atomic E-state index is -1.21. The lowest BCUT2D eigenvalue weighted by Crippen LogP contribution is -2.23. The zero-order chi connectivity index (χ0) is 13.9. The van der Waals surface area contributed by atoms with Crippen molar-refractivity contribution in [3.05, 3.63) is 23.8 Å². The summed E-state index contributed by atoms with van der Waals surface area (Å²) < 4.78 is 0. The Hall–Kier alpha value is -2.24. The summed E-state index contributed by atoms with van der Waals surface area (Å²) in [6.07, 6.45) is -0.502. The summed E-state index contributed by atoms with van der Waals surface area (Å²) in [4.78, 5) is 21.6. The molecule has 0 amide bonds. The summed E-state index contributed by atoms with van der Waals surface area (Å²) in [7, 11) is 0. The molecule has 0 radical (unpaired) electrons. The number of aliphatic carboxylic acids is 2. The first-order valence-corrected chi connectivity index (χ1v) is 5.29. The number of aromatic hydroxyl groups is 2. The monoisotopic (exact) mass is 254 g/mol. The average molecular weight is 254 g/mol. The van der Waals surface area contributed by atoms with Crippen LogP contribution in [0.15, 0.2) is 18.2 Å². The highest BCUT2D eigenvalue weighted by atomic mass is 16.4. The number of carbonyl (C=O) groups is 2. The predicted octanol–water partition coefficient (Wildman–Crippen LogP) is 1.38. The zero-order valence-corrected chi connectivity index (χ0v) is 9.70. The van der Waals surface area contributed by atoms with Crippen LogP contribution in [0.3, 0.4) is 0 Å². The van der Waals surface area contributed by atoms with E-state index in [2.05, 4.69) is 0 Å². The second-order valence-corrected chi connectivity index (χ2v) is 4.08. The highest BCUT2D eigenvalue weighted by molar-refractivity contribution is 5.78. The highest BCUT2D eigenvalue weighted by Crippen LogP contribution is 2.33. The molecular weight excluding hydrogens is 240 g/mol. The molecule has 0 fully saturated rings. The van der Waals surface area contributed by atoms with Crippen molar-refractivity contribution in [2.45, 2.75) is 19.3 Å². The van der Waals surface area contributed by atoms with Gasteiger partial charge in [-0.25, -0.2) is 0 Å². The van der Waals surface area contributed by atoms with Crippen LogP contribution in [-0.4, -0.2) is 32.4 Å². The van der Waals surface area contributed by atoms with Crippen molar-refractivity contribution in [2.75, 3.05) is 0 Å². The van der Waals surface area contributed by atoms with Gasteiger partial charge in [-0.1, -0.05) is 13.0 Å². The molecule has 0 aliphatic rings. The third kappa shape index (κ3) is 3.13. The molecule has 6 heteroatoms. The van der Waals surface area contributed by atoms with Gasteiger partial charge in [0.1, 0.15) is 0 Å². The van der Waals surface area contributed by atoms with Crippen molar-refractivity contribution in [1.82, 2.24) is 0 Å². The number of phenolic OH excluding ortho intramolecular Hbond substituents is 2. The number of rotatable bonds is 5. The molecule has 0 aliphatic heterocycles. The first-order valence-electron chi connectivity index (χ1n) is 5.29. The smallest absolute Gasteiger partial charge is 0.307 e. The van der Waals surface area contributed by atoms with E-state index in [1.807, 2.05) is 0 Å². The van der Waals surface area contributed by atoms with Crippen LogP contribution in [0.1, 0.15) is 24.8 Å². The van der Waals surface area contributed by atoms with Crippen LogP contribution in [0.4, 0.5) is 0 Å². The Morgan fingerprint density at radius 2 is 1.78 bits per heavy atom. The minimum Gasteiger partial charge on any atom is -0.504 e. The number of benzene rings is 1. The van der Waals surface area contributed by atoms with Gasteiger partial charge < -0.3 is 20.4 Å². The Morgan fingerprint density at radius 1 is 1.17 bits per heavy atom. The summed E-state index contributed by atoms with van der Waals surface area (Å²) in [6.45, 7) is 1.56. The lowest BCUT2D eigenvalue weighted by Gasteiger charge is -2.19. The molecule has 1 aromatic carbocycles. The molecule has 0 heterocycles. The van der Waals surface area contributed by atoms with E-state index in [9.17, 15) is 14.7 Å². The molecule has 98 valence electrons. The number of hydrogen-bond acceptors (Lipinski definition) is 4. The molecule has 1 rings (SSSR count). The van der Waals surface area contributed by atoms with Gasteiger partial charge in [-0.15, -0.1) is 0 Å². The van der Waals surface area contributed by atoms with E-state index in [-0.39, 0.29) is 11.5 Å². The maximum Gasteiger partial charge on any atom is 0.307 e. The molecular formula is C12H14O6. The van der Waals surface area contributed by atoms with Crippen LogP contribution in [0.2, 0.25) is 0 Å². The van der Waals surface area contributed by atoms with Crippen molar-refractivity contribution < 1.29 is 30.0 Å². The fraction of sp³-hybridized carbons (Fsp3) is 0.333. The lowest BCUT2D eigenvalue weighted by atomic mass is 9.85. The predicted molar refractivity (Wildman–Crippen MR) is 61.6 cm³/mol. The van der Waals surface area contributed by atoms with Gasteiger partial charge in [0, 0.05) is 0 Å². The minimum absolute atomic E-state index is 0.309. The van der Waals surface area contributed by atoms with Crippen LogP contribution in [0.5, 0.6) is 11.5 Å². The summed E-state index contributed by atoms with van der Waals surface area (Å²) in [6, 6.07) is 3.93. The Bertz CT molecular complexity index is 468. The second-order valence-electron chi connectivity index (χ2n) is 4.08. The van der Waals surface area contributed by atoms with Gasteiger partial charge in [0.25, 0.3) is 0 Å². The quantitative estimate of drug-likeness (QED) is 0.590. The van der Waals surface area contributed by atoms with Gasteiger partial charge in [-0.3, -0.25) is 9.59 Å². The van der Waals surface area contributed by atoms with Gasteiger partial charge in [-0.05, 0) is 23.6 Å². The topological polar surface area (TPSA) is 115 Å². The molecule has 0 saturated heterocycles. The SMILES string of the molecule is CC(c1ccc(O)c(O)c1)C(CC(=O)O)C(=O)O. The Balaban J connectivity index is 3.01. The first-order chi connectivity index (χ1) is 8.32. The van der Waals surface area contributed by atoms with Crippen LogP contribution >= 0.6 is 0 Å². The zero-order valence-electron chi connectivity index (χ0n) is 9.70. The fourth-order valence-corrected chi connectivity index (χ4v) is 1.72. The largest absolute Gasteiger partial charge is 0.504 e. The number of phenols is 2. The van der Waals surface area contributed by atoms with E-state index in [0.29, 0.717) is 5.56 Å². The highest BCUT2D eigenvalue weighted by Gasteiger charge is 2.28. The normalized spacial score (nSPS) is 13.8. The van der Waals surface area contributed by atoms with Crippen LogP contribution in [0.25, 0.3) is 0 Å². The van der Waals surface area contributed by atoms with E-state index in [1.165, 1.54) is 18.2 Å². The molecule has 6 nitrogen and oxygen atoms in total. The molecule has 18 heavy (non-hydrogen) atoms. The van der Waals surface area contributed by atoms with Gasteiger partial charge in [0.15, 0.2) is 11.5 Å². The van der Waals surface area contributed by atoms with Gasteiger partial charge in [0.05, 0.1) is 12.3 Å². The van der Waals surface area contributed by atoms with E-state index in [1.54, 1.807) is 6.92 Å². The maximum atomic E-state index is 11.0. The summed E-state index contributed by atoms with van der Waals surface area (Å²) >= 11 is 0. The van der Waals surface area contributed by atoms with Crippen LogP contribution < -0.4 is 0 Å². The van der Waals surface area contributed by atoms with Gasteiger partial charge in [0.2, 0.25) is 0 Å². The maximum absolute atomic E-state index is 11.0. The average Bonchev–Trinajstić information content (AvgIpc) is 2.28. The standard InChI is InChI=1S/C12H14O6/c1-6(8(12(17)18)5-11(15)16)7-2-3-9(13)10(14)4-7/h2-4,6,8,13-14H,5H2,1H3,(H,15,16)(H,17,18). The number of carboxylic acid groups (broad SMARTS) is 2. The number of hydrogen-bond donors (Lipinski definition) is 4. The summed E-state index contributed by atoms with van der Waals surface area (Å²) in [5, 5.41) is 36.2. The fourth-order valence-electron chi connectivity index (χ4n) is 1.72. The molecule has 2 unspecified atom stereocenters. The summed E-state index contributed by atoms with van der Waals surface area (Å²) in [5.74, 6) is -4.76. The summed E-state index contributed by atoms with van der Waals surface area (Å²) in [5.41, 5.74) is 0.457. The molecule has 0 aliphatic carbocycles.